The van der Waals surface area contributed by atoms with Crippen molar-refractivity contribution >= 4 is 49.2 Å². The quantitative estimate of drug-likeness (QED) is 0.356. The number of aromatic nitrogens is 2. The molecular weight excluding hydrogens is 472 g/mol. The molecule has 1 aliphatic rings. The molecule has 0 saturated carbocycles. The molecule has 0 radical (unpaired) electrons. The molecule has 0 unspecified atom stereocenters. The molecule has 1 aliphatic heterocycles. The van der Waals surface area contributed by atoms with Crippen LogP contribution in [0, 0.1) is 0 Å². The molecule has 0 spiro atoms. The van der Waals surface area contributed by atoms with Gasteiger partial charge in [0.1, 0.15) is 10.6 Å². The number of halogens is 1. The first kappa shape index (κ1) is 20.7. The molecule has 0 fully saturated rings. The van der Waals surface area contributed by atoms with E-state index < -0.39 is 0 Å². The average molecular weight is 493 g/mol. The van der Waals surface area contributed by atoms with Gasteiger partial charge in [-0.25, -0.2) is 4.98 Å². The standard InChI is InChI=1S/C21H21BrN2O3S2/c1-12(22)11-28-20-23-18-17(15-9-21(2,3)27-10-16(15)29-18)19(25)24(20)13-5-7-14(26-4)8-6-13/h5-8H,1,9-11H2,2-4H3. The summed E-state index contributed by atoms with van der Waals surface area (Å²) in [6.07, 6.45) is 0.701. The molecule has 2 aromatic heterocycles. The van der Waals surface area contributed by atoms with E-state index in [2.05, 4.69) is 36.4 Å². The van der Waals surface area contributed by atoms with E-state index in [0.717, 1.165) is 31.2 Å². The van der Waals surface area contributed by atoms with Crippen molar-refractivity contribution in [1.82, 2.24) is 9.55 Å². The van der Waals surface area contributed by atoms with Gasteiger partial charge in [-0.05, 0) is 48.2 Å². The number of hydrogen-bond acceptors (Lipinski definition) is 6. The highest BCUT2D eigenvalue weighted by atomic mass is 79.9. The van der Waals surface area contributed by atoms with Crippen LogP contribution >= 0.6 is 39.0 Å². The molecule has 29 heavy (non-hydrogen) atoms. The van der Waals surface area contributed by atoms with Crippen molar-refractivity contribution in [2.75, 3.05) is 12.9 Å². The maximum atomic E-state index is 13.7. The van der Waals surface area contributed by atoms with Gasteiger partial charge in [0.15, 0.2) is 5.16 Å². The topological polar surface area (TPSA) is 53.4 Å². The fourth-order valence-corrected chi connectivity index (χ4v) is 5.63. The van der Waals surface area contributed by atoms with Gasteiger partial charge < -0.3 is 9.47 Å². The van der Waals surface area contributed by atoms with E-state index in [1.165, 1.54) is 11.8 Å². The summed E-state index contributed by atoms with van der Waals surface area (Å²) >= 11 is 6.44. The lowest BCUT2D eigenvalue weighted by Crippen LogP contribution is -2.32. The van der Waals surface area contributed by atoms with Crippen LogP contribution in [0.3, 0.4) is 0 Å². The Balaban J connectivity index is 1.95. The van der Waals surface area contributed by atoms with E-state index in [4.69, 9.17) is 14.5 Å². The van der Waals surface area contributed by atoms with Crippen molar-refractivity contribution in [3.05, 3.63) is 56.1 Å². The Morgan fingerprint density at radius 1 is 1.41 bits per heavy atom. The Hall–Kier alpha value is -1.61. The molecular formula is C21H21BrN2O3S2. The third-order valence-electron chi connectivity index (χ3n) is 4.76. The summed E-state index contributed by atoms with van der Waals surface area (Å²) in [6, 6.07) is 7.47. The molecule has 3 aromatic rings. The zero-order chi connectivity index (χ0) is 20.8. The van der Waals surface area contributed by atoms with Crippen molar-refractivity contribution in [3.8, 4) is 11.4 Å². The minimum absolute atomic E-state index is 0.0435. The van der Waals surface area contributed by atoms with Crippen LogP contribution < -0.4 is 10.3 Å². The largest absolute Gasteiger partial charge is 0.497 e. The maximum Gasteiger partial charge on any atom is 0.267 e. The van der Waals surface area contributed by atoms with Gasteiger partial charge in [-0.1, -0.05) is 34.3 Å². The van der Waals surface area contributed by atoms with Crippen LogP contribution in [0.25, 0.3) is 15.9 Å². The summed E-state index contributed by atoms with van der Waals surface area (Å²) in [5.41, 5.74) is 1.50. The van der Waals surface area contributed by atoms with Crippen LogP contribution in [0.4, 0.5) is 0 Å². The van der Waals surface area contributed by atoms with E-state index >= 15 is 0 Å². The highest BCUT2D eigenvalue weighted by molar-refractivity contribution is 9.11. The molecule has 152 valence electrons. The van der Waals surface area contributed by atoms with Crippen LogP contribution in [0.2, 0.25) is 0 Å². The first-order valence-electron chi connectivity index (χ1n) is 9.11. The highest BCUT2D eigenvalue weighted by Gasteiger charge is 2.31. The molecule has 0 bridgehead atoms. The van der Waals surface area contributed by atoms with Crippen LogP contribution in [-0.4, -0.2) is 28.0 Å². The SMILES string of the molecule is C=C(Br)CSc1nc2sc3c(c2c(=O)n1-c1ccc(OC)cc1)CC(C)(C)OC3. The smallest absolute Gasteiger partial charge is 0.267 e. The minimum Gasteiger partial charge on any atom is -0.497 e. The second kappa shape index (κ2) is 7.91. The summed E-state index contributed by atoms with van der Waals surface area (Å²) in [5, 5.41) is 1.35. The first-order valence-corrected chi connectivity index (χ1v) is 11.7. The van der Waals surface area contributed by atoms with Gasteiger partial charge in [0, 0.05) is 17.1 Å². The average Bonchev–Trinajstić information content (AvgIpc) is 3.03. The molecule has 1 aromatic carbocycles. The molecule has 4 rings (SSSR count). The van der Waals surface area contributed by atoms with Crippen molar-refractivity contribution in [1.29, 1.82) is 0 Å². The van der Waals surface area contributed by atoms with E-state index in [1.807, 2.05) is 24.3 Å². The number of fused-ring (bicyclic) bond motifs is 3. The lowest BCUT2D eigenvalue weighted by molar-refractivity contribution is -0.0379. The maximum absolute atomic E-state index is 13.7. The minimum atomic E-state index is -0.292. The van der Waals surface area contributed by atoms with Crippen LogP contribution in [0.5, 0.6) is 5.75 Å². The number of methoxy groups -OCH3 is 1. The van der Waals surface area contributed by atoms with Gasteiger partial charge in [0.2, 0.25) is 0 Å². The zero-order valence-electron chi connectivity index (χ0n) is 16.5. The number of thioether (sulfide) groups is 1. The van der Waals surface area contributed by atoms with E-state index in [9.17, 15) is 4.79 Å². The fraction of sp³-hybridized carbons (Fsp3) is 0.333. The van der Waals surface area contributed by atoms with Crippen molar-refractivity contribution in [3.63, 3.8) is 0 Å². The van der Waals surface area contributed by atoms with Crippen molar-refractivity contribution in [2.45, 2.75) is 37.6 Å². The van der Waals surface area contributed by atoms with Gasteiger partial charge in [0.05, 0.1) is 30.4 Å². The molecule has 0 aliphatic carbocycles. The highest BCUT2D eigenvalue weighted by Crippen LogP contribution is 2.38. The second-order valence-electron chi connectivity index (χ2n) is 7.45. The summed E-state index contributed by atoms with van der Waals surface area (Å²) in [5.74, 6) is 1.36. The number of hydrogen-bond donors (Lipinski definition) is 0. The molecule has 3 heterocycles. The first-order chi connectivity index (χ1) is 13.8. The van der Waals surface area contributed by atoms with Gasteiger partial charge in [-0.2, -0.15) is 0 Å². The summed E-state index contributed by atoms with van der Waals surface area (Å²) < 4.78 is 13.7. The molecule has 8 heteroatoms. The van der Waals surface area contributed by atoms with E-state index in [0.29, 0.717) is 29.3 Å². The number of rotatable bonds is 5. The van der Waals surface area contributed by atoms with Gasteiger partial charge in [-0.3, -0.25) is 9.36 Å². The van der Waals surface area contributed by atoms with Gasteiger partial charge in [0.25, 0.3) is 5.56 Å². The summed E-state index contributed by atoms with van der Waals surface area (Å²) in [7, 11) is 1.62. The van der Waals surface area contributed by atoms with Crippen LogP contribution in [0.1, 0.15) is 24.3 Å². The third-order valence-corrected chi connectivity index (χ3v) is 7.54. The second-order valence-corrected chi connectivity index (χ2v) is 10.6. The lowest BCUT2D eigenvalue weighted by Gasteiger charge is -2.29. The molecule has 0 N–H and O–H groups in total. The molecule has 0 saturated heterocycles. The number of benzene rings is 1. The monoisotopic (exact) mass is 492 g/mol. The Morgan fingerprint density at radius 2 is 2.14 bits per heavy atom. The Bertz CT molecular complexity index is 1150. The van der Waals surface area contributed by atoms with Gasteiger partial charge >= 0.3 is 0 Å². The Labute approximate surface area is 185 Å². The van der Waals surface area contributed by atoms with E-state index in [-0.39, 0.29) is 11.2 Å². The van der Waals surface area contributed by atoms with Crippen molar-refractivity contribution < 1.29 is 9.47 Å². The zero-order valence-corrected chi connectivity index (χ0v) is 19.7. The predicted octanol–water partition coefficient (Wildman–Crippen LogP) is 5.31. The van der Waals surface area contributed by atoms with Crippen molar-refractivity contribution in [2.24, 2.45) is 0 Å². The van der Waals surface area contributed by atoms with Gasteiger partial charge in [-0.15, -0.1) is 11.3 Å². The summed E-state index contributed by atoms with van der Waals surface area (Å²) in [4.78, 5) is 20.4. The fourth-order valence-electron chi connectivity index (χ4n) is 3.37. The summed E-state index contributed by atoms with van der Waals surface area (Å²) in [6.45, 7) is 8.53. The van der Waals surface area contributed by atoms with E-state index in [1.54, 1.807) is 23.0 Å². The lowest BCUT2D eigenvalue weighted by atomic mass is 9.94. The molecule has 0 amide bonds. The normalized spacial score (nSPS) is 15.3. The van der Waals surface area contributed by atoms with Crippen LogP contribution in [0.15, 0.2) is 45.3 Å². The predicted molar refractivity (Wildman–Crippen MR) is 123 cm³/mol. The van der Waals surface area contributed by atoms with Crippen LogP contribution in [-0.2, 0) is 17.8 Å². The number of nitrogens with zero attached hydrogens (tertiary/aromatic N) is 2. The Morgan fingerprint density at radius 3 is 2.79 bits per heavy atom. The third kappa shape index (κ3) is 4.03. The molecule has 0 atom stereocenters. The molecule has 5 nitrogen and oxygen atoms in total. The number of ether oxygens (including phenoxy) is 2. The Kier molecular flexibility index (Phi) is 5.63. The number of thiophene rings is 1.